The largest absolute Gasteiger partial charge is 1.00 e. The summed E-state index contributed by atoms with van der Waals surface area (Å²) in [7, 11) is 2.05. The Morgan fingerprint density at radius 2 is 1.25 bits per heavy atom. The van der Waals surface area contributed by atoms with E-state index in [9.17, 15) is 0 Å². The Morgan fingerprint density at radius 3 is 1.50 bits per heavy atom. The van der Waals surface area contributed by atoms with E-state index < -0.39 is 0 Å². The molecule has 0 unspecified atom stereocenters. The van der Waals surface area contributed by atoms with Crippen LogP contribution in [-0.2, 0) is 0 Å². The van der Waals surface area contributed by atoms with Crippen molar-refractivity contribution in [3.8, 4) is 0 Å². The monoisotopic (exact) mass is 313 g/mol. The first-order chi connectivity index (χ1) is 4.81. The van der Waals surface area contributed by atoms with E-state index in [1.165, 1.54) is 0 Å². The predicted molar refractivity (Wildman–Crippen MR) is 45.1 cm³/mol. The normalized spacial score (nSPS) is 9.00. The molecule has 0 aliphatic heterocycles. The molecule has 12 heavy (non-hydrogen) atoms. The summed E-state index contributed by atoms with van der Waals surface area (Å²) in [5, 5.41) is 0. The van der Waals surface area contributed by atoms with Gasteiger partial charge in [0.15, 0.2) is 0 Å². The molecule has 0 saturated carbocycles. The van der Waals surface area contributed by atoms with Crippen molar-refractivity contribution in [1.29, 1.82) is 0 Å². The van der Waals surface area contributed by atoms with Crippen LogP contribution in [0.3, 0.4) is 0 Å². The molecular weight excluding hydrogens is 297 g/mol. The van der Waals surface area contributed by atoms with Gasteiger partial charge >= 0.3 is 116 Å². The fourth-order valence-corrected chi connectivity index (χ4v) is 0.810. The fraction of sp³-hybridized carbons (Fsp3) is 1.00. The molecule has 2 N–H and O–H groups in total. The van der Waals surface area contributed by atoms with Crippen molar-refractivity contribution in [3.63, 3.8) is 0 Å². The van der Waals surface area contributed by atoms with Crippen molar-refractivity contribution >= 4 is 0 Å². The van der Waals surface area contributed by atoms with Gasteiger partial charge in [0.05, 0.1) is 0 Å². The zero-order valence-corrected chi connectivity index (χ0v) is 18.5. The van der Waals surface area contributed by atoms with Crippen LogP contribution in [0.15, 0.2) is 0 Å². The van der Waals surface area contributed by atoms with Gasteiger partial charge < -0.3 is 16.4 Å². The number of nitrogens with zero attached hydrogens (tertiary/aromatic N) is 1. The summed E-state index contributed by atoms with van der Waals surface area (Å²) in [5.41, 5.74) is 13.8. The van der Waals surface area contributed by atoms with Gasteiger partial charge in [-0.1, -0.05) is 12.8 Å². The molecule has 0 fully saturated rings. The van der Waals surface area contributed by atoms with Crippen molar-refractivity contribution in [2.24, 2.45) is 0 Å². The van der Waals surface area contributed by atoms with Crippen LogP contribution in [0.25, 0.3) is 11.5 Å². The fourth-order valence-electron chi connectivity index (χ4n) is 0.810. The molecule has 0 aromatic rings. The van der Waals surface area contributed by atoms with Gasteiger partial charge in [-0.3, -0.25) is 0 Å². The third kappa shape index (κ3) is 15.9. The van der Waals surface area contributed by atoms with E-state index >= 15 is 0 Å². The molecule has 0 heterocycles. The maximum absolute atomic E-state index is 6.91. The molecule has 0 aromatic heterocycles. The van der Waals surface area contributed by atoms with Crippen LogP contribution in [0.2, 0.25) is 0 Å². The maximum Gasteiger partial charge on any atom is 1.00 e. The predicted octanol–water partition coefficient (Wildman–Crippen LogP) is -4.19. The summed E-state index contributed by atoms with van der Waals surface area (Å²) in [6, 6.07) is 0. The first kappa shape index (κ1) is 20.8. The van der Waals surface area contributed by atoms with Crippen molar-refractivity contribution in [3.05, 3.63) is 11.5 Å². The van der Waals surface area contributed by atoms with Crippen LogP contribution >= 0.6 is 0 Å². The van der Waals surface area contributed by atoms with Crippen molar-refractivity contribution in [2.45, 2.75) is 12.8 Å². The van der Waals surface area contributed by atoms with Gasteiger partial charge in [-0.2, -0.15) is 0 Å². The zero-order valence-electron chi connectivity index (χ0n) is 8.69. The second-order valence-electron chi connectivity index (χ2n) is 2.51. The molecule has 3 nitrogen and oxygen atoms in total. The molecule has 0 radical (unpaired) electrons. The van der Waals surface area contributed by atoms with Crippen molar-refractivity contribution < 1.29 is 116 Å². The molecule has 0 bridgehead atoms. The molecule has 0 aromatic carbocycles. The van der Waals surface area contributed by atoms with Crippen molar-refractivity contribution in [2.75, 3.05) is 33.2 Å². The van der Waals surface area contributed by atoms with Crippen LogP contribution in [0.5, 0.6) is 0 Å². The Morgan fingerprint density at radius 1 is 0.917 bits per heavy atom. The van der Waals surface area contributed by atoms with Crippen LogP contribution in [0.1, 0.15) is 12.8 Å². The van der Waals surface area contributed by atoms with Gasteiger partial charge in [0.25, 0.3) is 0 Å². The molecule has 0 rings (SSSR count). The standard InChI is InChI=1S/C7H17N3.2Rb/c1-10(6-2-4-8)7-3-5-9;;/h8-9H,2-7H2,1H3;;/q-2;2*+1. The molecule has 0 saturated heterocycles. The topological polar surface area (TPSA) is 50.8 Å². The minimum atomic E-state index is 0. The average molecular weight is 314 g/mol. The smallest absolute Gasteiger partial charge is 0.677 e. The van der Waals surface area contributed by atoms with Crippen LogP contribution in [0, 0.1) is 0 Å². The average Bonchev–Trinajstić information content (AvgIpc) is 1.97. The zero-order chi connectivity index (χ0) is 7.82. The van der Waals surface area contributed by atoms with Gasteiger partial charge in [0, 0.05) is 0 Å². The van der Waals surface area contributed by atoms with Crippen LogP contribution in [-0.4, -0.2) is 38.1 Å². The molecule has 0 amide bonds. The Labute approximate surface area is 174 Å². The maximum atomic E-state index is 6.91. The molecule has 0 aliphatic rings. The molecule has 0 spiro atoms. The molecular formula is C7H17N3Rb2. The first-order valence-corrected chi connectivity index (χ1v) is 3.79. The third-order valence-corrected chi connectivity index (χ3v) is 1.43. The van der Waals surface area contributed by atoms with Gasteiger partial charge in [-0.25, -0.2) is 0 Å². The summed E-state index contributed by atoms with van der Waals surface area (Å²) in [5.74, 6) is 0. The number of hydrogen-bond donors (Lipinski definition) is 0. The second-order valence-corrected chi connectivity index (χ2v) is 2.51. The number of nitrogens with one attached hydrogen (secondary N) is 2. The third-order valence-electron chi connectivity index (χ3n) is 1.43. The molecule has 5 heteroatoms. The molecule has 0 aliphatic carbocycles. The van der Waals surface area contributed by atoms with E-state index in [0.717, 1.165) is 25.9 Å². The summed E-state index contributed by atoms with van der Waals surface area (Å²) in [6.07, 6.45) is 1.91. The second kappa shape index (κ2) is 16.9. The Bertz CT molecular complexity index is 65.7. The van der Waals surface area contributed by atoms with E-state index in [1.54, 1.807) is 0 Å². The minimum Gasteiger partial charge on any atom is -0.677 e. The van der Waals surface area contributed by atoms with Gasteiger partial charge in [-0.15, -0.1) is 13.1 Å². The summed E-state index contributed by atoms with van der Waals surface area (Å²) in [4.78, 5) is 2.18. The summed E-state index contributed by atoms with van der Waals surface area (Å²) >= 11 is 0. The molecule has 0 atom stereocenters. The van der Waals surface area contributed by atoms with E-state index in [1.807, 2.05) is 7.05 Å². The minimum absolute atomic E-state index is 0. The molecule has 62 valence electrons. The van der Waals surface area contributed by atoms with E-state index in [-0.39, 0.29) is 116 Å². The van der Waals surface area contributed by atoms with E-state index in [0.29, 0.717) is 13.1 Å². The van der Waals surface area contributed by atoms with E-state index in [2.05, 4.69) is 4.90 Å². The van der Waals surface area contributed by atoms with Gasteiger partial charge in [-0.05, 0) is 20.1 Å². The van der Waals surface area contributed by atoms with Gasteiger partial charge in [0.2, 0.25) is 0 Å². The number of rotatable bonds is 6. The summed E-state index contributed by atoms with van der Waals surface area (Å²) < 4.78 is 0. The number of hydrogen-bond acceptors (Lipinski definition) is 1. The quantitative estimate of drug-likeness (QED) is 0.491. The van der Waals surface area contributed by atoms with Crippen LogP contribution < -0.4 is 116 Å². The Hall–Kier alpha value is 3.49. The SMILES string of the molecule is CN(CCC[NH-])CCC[NH-].[Rb+].[Rb+]. The first-order valence-electron chi connectivity index (χ1n) is 3.79. The van der Waals surface area contributed by atoms with Crippen molar-refractivity contribution in [1.82, 2.24) is 4.90 Å². The Balaban J connectivity index is -0.000000405. The summed E-state index contributed by atoms with van der Waals surface area (Å²) in [6.45, 7) is 3.05. The van der Waals surface area contributed by atoms with E-state index in [4.69, 9.17) is 11.5 Å². The Kier molecular flexibility index (Phi) is 29.4. The van der Waals surface area contributed by atoms with Crippen LogP contribution in [0.4, 0.5) is 0 Å². The van der Waals surface area contributed by atoms with Gasteiger partial charge in [0.1, 0.15) is 0 Å².